The van der Waals surface area contributed by atoms with E-state index in [0.717, 1.165) is 23.3 Å². The molecule has 0 aliphatic rings. The van der Waals surface area contributed by atoms with Crippen molar-refractivity contribution >= 4 is 0 Å². The van der Waals surface area contributed by atoms with Gasteiger partial charge in [0.15, 0.2) is 0 Å². The van der Waals surface area contributed by atoms with Crippen LogP contribution in [0.25, 0.3) is 11.1 Å². The molecule has 0 radical (unpaired) electrons. The molecule has 3 N–H and O–H groups in total. The summed E-state index contributed by atoms with van der Waals surface area (Å²) < 4.78 is 43.8. The minimum absolute atomic E-state index is 0.115. The lowest BCUT2D eigenvalue weighted by molar-refractivity contribution is -0.676. The molecule has 0 spiro atoms. The maximum atomic E-state index is 12.7. The summed E-state index contributed by atoms with van der Waals surface area (Å²) in [5.74, 6) is 0.654. The number of hydrogen-bond acceptors (Lipinski definition) is 2. The fraction of sp³-hybridized carbons (Fsp3) is 0.217. The minimum atomic E-state index is -4.35. The molecule has 0 heterocycles. The van der Waals surface area contributed by atoms with Gasteiger partial charge in [-0.1, -0.05) is 54.6 Å². The van der Waals surface area contributed by atoms with E-state index in [-0.39, 0.29) is 6.61 Å². The number of hydrogen-bond donors (Lipinski definition) is 2. The van der Waals surface area contributed by atoms with Crippen LogP contribution in [0, 0.1) is 0 Å². The molecule has 0 bridgehead atoms. The Balaban J connectivity index is 1.43. The lowest BCUT2D eigenvalue weighted by atomic mass is 10.1. The molecule has 152 valence electrons. The lowest BCUT2D eigenvalue weighted by Gasteiger charge is -2.12. The highest BCUT2D eigenvalue weighted by Gasteiger charge is 2.30. The van der Waals surface area contributed by atoms with Gasteiger partial charge in [0.1, 0.15) is 31.5 Å². The molecule has 0 amide bonds. The van der Waals surface area contributed by atoms with Crippen LogP contribution in [0.3, 0.4) is 0 Å². The summed E-state index contributed by atoms with van der Waals surface area (Å²) in [6.45, 7) is 0.800. The number of aliphatic hydroxyl groups excluding tert-OH is 1. The topological polar surface area (TPSA) is 46.1 Å². The quantitative estimate of drug-likeness (QED) is 0.601. The first-order chi connectivity index (χ1) is 13.9. The molecule has 0 aliphatic heterocycles. The molecule has 0 saturated carbocycles. The first kappa shape index (κ1) is 20.9. The van der Waals surface area contributed by atoms with Gasteiger partial charge in [0.25, 0.3) is 0 Å². The average Bonchev–Trinajstić information content (AvgIpc) is 2.73. The van der Waals surface area contributed by atoms with Crippen molar-refractivity contribution in [3.63, 3.8) is 0 Å². The van der Waals surface area contributed by atoms with Crippen LogP contribution in [0.2, 0.25) is 0 Å². The monoisotopic (exact) mass is 402 g/mol. The summed E-state index contributed by atoms with van der Waals surface area (Å²) in [4.78, 5) is 0. The van der Waals surface area contributed by atoms with Crippen LogP contribution in [0.4, 0.5) is 13.2 Å². The van der Waals surface area contributed by atoms with E-state index in [2.05, 4.69) is 0 Å². The Morgan fingerprint density at radius 3 is 2.24 bits per heavy atom. The van der Waals surface area contributed by atoms with Crippen molar-refractivity contribution in [2.24, 2.45) is 0 Å². The maximum Gasteiger partial charge on any atom is 0.416 e. The summed E-state index contributed by atoms with van der Waals surface area (Å²) in [7, 11) is 0. The zero-order valence-corrected chi connectivity index (χ0v) is 15.8. The van der Waals surface area contributed by atoms with E-state index >= 15 is 0 Å². The van der Waals surface area contributed by atoms with Crippen LogP contribution in [0.5, 0.6) is 5.75 Å². The van der Waals surface area contributed by atoms with E-state index in [9.17, 15) is 18.3 Å². The summed E-state index contributed by atoms with van der Waals surface area (Å²) in [5.41, 5.74) is 2.09. The number of alkyl halides is 3. The normalized spacial score (nSPS) is 12.6. The Hall–Kier alpha value is -2.83. The van der Waals surface area contributed by atoms with Crippen LogP contribution in [-0.2, 0) is 12.7 Å². The molecule has 0 unspecified atom stereocenters. The van der Waals surface area contributed by atoms with E-state index in [0.29, 0.717) is 24.4 Å². The second-order valence-corrected chi connectivity index (χ2v) is 6.78. The van der Waals surface area contributed by atoms with Crippen molar-refractivity contribution in [3.8, 4) is 16.9 Å². The van der Waals surface area contributed by atoms with E-state index < -0.39 is 17.8 Å². The van der Waals surface area contributed by atoms with Gasteiger partial charge in [0, 0.05) is 5.56 Å². The first-order valence-corrected chi connectivity index (χ1v) is 9.36. The van der Waals surface area contributed by atoms with Gasteiger partial charge in [-0.05, 0) is 35.4 Å². The van der Waals surface area contributed by atoms with E-state index in [1.807, 2.05) is 54.6 Å². The van der Waals surface area contributed by atoms with Gasteiger partial charge in [-0.15, -0.1) is 0 Å². The third-order valence-electron chi connectivity index (χ3n) is 4.48. The predicted octanol–water partition coefficient (Wildman–Crippen LogP) is 3.88. The number of benzene rings is 3. The zero-order valence-electron chi connectivity index (χ0n) is 15.8. The molecule has 29 heavy (non-hydrogen) atoms. The van der Waals surface area contributed by atoms with Crippen molar-refractivity contribution < 1.29 is 28.3 Å². The summed E-state index contributed by atoms with van der Waals surface area (Å²) in [5, 5.41) is 11.8. The van der Waals surface area contributed by atoms with Crippen molar-refractivity contribution in [3.05, 3.63) is 90.0 Å². The zero-order chi connectivity index (χ0) is 20.7. The van der Waals surface area contributed by atoms with Gasteiger partial charge in [0.05, 0.1) is 5.56 Å². The number of quaternary nitrogens is 1. The van der Waals surface area contributed by atoms with E-state index in [1.54, 1.807) is 11.4 Å². The highest BCUT2D eigenvalue weighted by atomic mass is 19.4. The van der Waals surface area contributed by atoms with Crippen molar-refractivity contribution in [2.75, 3.05) is 13.2 Å². The van der Waals surface area contributed by atoms with Crippen LogP contribution >= 0.6 is 0 Å². The number of rotatable bonds is 8. The lowest BCUT2D eigenvalue weighted by Crippen LogP contribution is -2.85. The number of nitrogens with two attached hydrogens (primary N) is 1. The molecule has 3 aromatic carbocycles. The van der Waals surface area contributed by atoms with Gasteiger partial charge < -0.3 is 15.2 Å². The van der Waals surface area contributed by atoms with Crippen LogP contribution < -0.4 is 10.1 Å². The molecule has 0 aliphatic carbocycles. The molecule has 3 nitrogen and oxygen atoms in total. The molecular formula is C23H23F3NO2+. The summed E-state index contributed by atoms with van der Waals surface area (Å²) in [6, 6.07) is 22.8. The minimum Gasteiger partial charge on any atom is -0.491 e. The highest BCUT2D eigenvalue weighted by molar-refractivity contribution is 5.63. The Morgan fingerprint density at radius 2 is 1.55 bits per heavy atom. The molecule has 0 fully saturated rings. The van der Waals surface area contributed by atoms with Crippen molar-refractivity contribution in [2.45, 2.75) is 18.8 Å². The van der Waals surface area contributed by atoms with Gasteiger partial charge in [-0.25, -0.2) is 0 Å². The Kier molecular flexibility index (Phi) is 6.90. The highest BCUT2D eigenvalue weighted by Crippen LogP contribution is 2.29. The summed E-state index contributed by atoms with van der Waals surface area (Å²) >= 11 is 0. The first-order valence-electron chi connectivity index (χ1n) is 9.36. The maximum absolute atomic E-state index is 12.7. The third kappa shape index (κ3) is 6.34. The smallest absolute Gasteiger partial charge is 0.416 e. The average molecular weight is 402 g/mol. The SMILES string of the molecule is O[C@@H](C[NH2+]Cc1cccc(C(F)(F)F)c1)COc1ccc(-c2ccccc2)cc1. The fourth-order valence-corrected chi connectivity index (χ4v) is 2.95. The van der Waals surface area contributed by atoms with E-state index in [1.165, 1.54) is 6.07 Å². The largest absolute Gasteiger partial charge is 0.491 e. The Bertz CT molecular complexity index is 896. The standard InChI is InChI=1S/C23H22F3NO2/c24-23(25,26)20-8-4-5-17(13-20)14-27-15-21(28)16-29-22-11-9-19(10-12-22)18-6-2-1-3-7-18/h1-13,21,27-28H,14-16H2/p+1/t21-/m0/s1. The molecule has 6 heteroatoms. The molecule has 0 aromatic heterocycles. The molecule has 3 rings (SSSR count). The van der Waals surface area contributed by atoms with Crippen molar-refractivity contribution in [1.29, 1.82) is 0 Å². The van der Waals surface area contributed by atoms with Gasteiger partial charge >= 0.3 is 6.18 Å². The van der Waals surface area contributed by atoms with Crippen LogP contribution in [0.1, 0.15) is 11.1 Å². The van der Waals surface area contributed by atoms with Crippen LogP contribution in [0.15, 0.2) is 78.9 Å². The van der Waals surface area contributed by atoms with Crippen molar-refractivity contribution in [1.82, 2.24) is 0 Å². The fourth-order valence-electron chi connectivity index (χ4n) is 2.95. The van der Waals surface area contributed by atoms with Gasteiger partial charge in [-0.3, -0.25) is 0 Å². The van der Waals surface area contributed by atoms with E-state index in [4.69, 9.17) is 4.74 Å². The van der Waals surface area contributed by atoms with Gasteiger partial charge in [0.2, 0.25) is 0 Å². The number of halogens is 3. The van der Waals surface area contributed by atoms with Gasteiger partial charge in [-0.2, -0.15) is 13.2 Å². The molecule has 3 aromatic rings. The third-order valence-corrected chi connectivity index (χ3v) is 4.48. The molecule has 1 atom stereocenters. The molecular weight excluding hydrogens is 379 g/mol. The number of aliphatic hydroxyl groups is 1. The Morgan fingerprint density at radius 1 is 0.862 bits per heavy atom. The Labute approximate surface area is 167 Å². The number of ether oxygens (including phenoxy) is 1. The second kappa shape index (κ2) is 9.58. The summed E-state index contributed by atoms with van der Waals surface area (Å²) in [6.07, 6.45) is -5.08. The van der Waals surface area contributed by atoms with Crippen LogP contribution in [-0.4, -0.2) is 24.4 Å². The predicted molar refractivity (Wildman–Crippen MR) is 105 cm³/mol. The molecule has 0 saturated heterocycles. The second-order valence-electron chi connectivity index (χ2n) is 6.78.